The molecule has 0 amide bonds. The fourth-order valence-corrected chi connectivity index (χ4v) is 5.17. The van der Waals surface area contributed by atoms with Crippen LogP contribution in [0, 0.1) is 5.92 Å². The normalized spacial score (nSPS) is 14.2. The molecular weight excluding hydrogens is 450 g/mol. The molecule has 1 N–H and O–H groups in total. The lowest BCUT2D eigenvalue weighted by Gasteiger charge is -2.20. The molecule has 0 saturated heterocycles. The molecule has 0 spiro atoms. The maximum atomic E-state index is 13.3. The summed E-state index contributed by atoms with van der Waals surface area (Å²) in [5, 5.41) is 19.2. The number of hydrogen-bond donors (Lipinski definition) is 1. The van der Waals surface area contributed by atoms with E-state index in [9.17, 15) is 4.79 Å². The van der Waals surface area contributed by atoms with Gasteiger partial charge in [-0.2, -0.15) is 10.3 Å². The number of aryl methyl sites for hydroxylation is 2. The first-order valence-corrected chi connectivity index (χ1v) is 12.9. The van der Waals surface area contributed by atoms with Gasteiger partial charge in [0.25, 0.3) is 0 Å². The maximum Gasteiger partial charge on any atom is 0.346 e. The Kier molecular flexibility index (Phi) is 7.50. The second-order valence-electron chi connectivity index (χ2n) is 9.61. The number of aromatic amines is 1. The van der Waals surface area contributed by atoms with E-state index in [4.69, 9.17) is 5.10 Å². The third-order valence-corrected chi connectivity index (χ3v) is 7.16. The molecule has 0 unspecified atom stereocenters. The van der Waals surface area contributed by atoms with E-state index in [1.165, 1.54) is 32.1 Å². The van der Waals surface area contributed by atoms with E-state index in [2.05, 4.69) is 57.5 Å². The lowest BCUT2D eigenvalue weighted by Crippen LogP contribution is -2.27. The summed E-state index contributed by atoms with van der Waals surface area (Å²) in [5.74, 6) is 2.11. The maximum absolute atomic E-state index is 13.3. The van der Waals surface area contributed by atoms with Crippen molar-refractivity contribution in [1.82, 2.24) is 35.0 Å². The lowest BCUT2D eigenvalue weighted by molar-refractivity contribution is 0.316. The van der Waals surface area contributed by atoms with Gasteiger partial charge in [-0.25, -0.2) is 9.48 Å². The zero-order valence-corrected chi connectivity index (χ0v) is 20.6. The Hall–Kier alpha value is -3.81. The van der Waals surface area contributed by atoms with Crippen molar-refractivity contribution < 1.29 is 0 Å². The van der Waals surface area contributed by atoms with Crippen molar-refractivity contribution in [3.05, 3.63) is 83.1 Å². The zero-order valence-electron chi connectivity index (χ0n) is 20.6. The van der Waals surface area contributed by atoms with Crippen LogP contribution in [0.5, 0.6) is 0 Å². The first kappa shape index (κ1) is 23.9. The van der Waals surface area contributed by atoms with Gasteiger partial charge >= 0.3 is 5.69 Å². The molecule has 0 aliphatic heterocycles. The Morgan fingerprint density at radius 2 is 1.81 bits per heavy atom. The van der Waals surface area contributed by atoms with E-state index in [1.54, 1.807) is 4.68 Å². The molecule has 1 fully saturated rings. The van der Waals surface area contributed by atoms with Gasteiger partial charge in [0.05, 0.1) is 6.54 Å². The molecule has 8 heteroatoms. The molecule has 1 aliphatic rings. The Balaban J connectivity index is 1.36. The fourth-order valence-electron chi connectivity index (χ4n) is 5.17. The van der Waals surface area contributed by atoms with Crippen molar-refractivity contribution in [3.8, 4) is 22.5 Å². The SMILES string of the molecule is C=CCCc1nn(CCC2CCCCC2)c(=O)n1Cc1ccc(-c2ccccc2-c2nn[nH]n2)cc1. The van der Waals surface area contributed by atoms with Gasteiger partial charge in [-0.3, -0.25) is 4.57 Å². The van der Waals surface area contributed by atoms with Crippen LogP contribution in [0.1, 0.15) is 56.3 Å². The molecular formula is C28H33N7O. The van der Waals surface area contributed by atoms with Crippen LogP contribution in [0.3, 0.4) is 0 Å². The smallest absolute Gasteiger partial charge is 0.274 e. The van der Waals surface area contributed by atoms with Crippen LogP contribution in [-0.2, 0) is 19.5 Å². The lowest BCUT2D eigenvalue weighted by atomic mass is 9.87. The van der Waals surface area contributed by atoms with Gasteiger partial charge in [0.15, 0.2) is 0 Å². The molecule has 1 saturated carbocycles. The molecule has 36 heavy (non-hydrogen) atoms. The van der Waals surface area contributed by atoms with E-state index < -0.39 is 0 Å². The third-order valence-electron chi connectivity index (χ3n) is 7.16. The predicted molar refractivity (Wildman–Crippen MR) is 140 cm³/mol. The zero-order chi connectivity index (χ0) is 24.7. The standard InChI is InChI=1S/C28H33N7O/c1-2-3-13-26-31-35(19-18-21-9-5-4-6-10-21)28(36)34(26)20-22-14-16-23(17-15-22)24-11-7-8-12-25(24)27-29-32-33-30-27/h2,7-8,11-12,14-17,21H,1,3-6,9-10,13,18-20H2,(H,29,30,32,33). The third kappa shape index (κ3) is 5.37. The number of H-pyrrole nitrogens is 1. The molecule has 2 heterocycles. The van der Waals surface area contributed by atoms with Crippen molar-refractivity contribution in [2.45, 2.75) is 64.5 Å². The molecule has 0 atom stereocenters. The summed E-state index contributed by atoms with van der Waals surface area (Å²) in [4.78, 5) is 13.3. The van der Waals surface area contributed by atoms with Crippen molar-refractivity contribution in [1.29, 1.82) is 0 Å². The second-order valence-corrected chi connectivity index (χ2v) is 9.61. The van der Waals surface area contributed by atoms with E-state index in [1.807, 2.05) is 28.8 Å². The molecule has 5 rings (SSSR count). The average Bonchev–Trinajstić information content (AvgIpc) is 3.56. The summed E-state index contributed by atoms with van der Waals surface area (Å²) in [7, 11) is 0. The molecule has 8 nitrogen and oxygen atoms in total. The number of tetrazole rings is 1. The number of nitrogens with zero attached hydrogens (tertiary/aromatic N) is 6. The highest BCUT2D eigenvalue weighted by molar-refractivity contribution is 5.80. The Morgan fingerprint density at radius 1 is 1.03 bits per heavy atom. The quantitative estimate of drug-likeness (QED) is 0.319. The minimum Gasteiger partial charge on any atom is -0.274 e. The van der Waals surface area contributed by atoms with Crippen molar-refractivity contribution in [2.24, 2.45) is 5.92 Å². The van der Waals surface area contributed by atoms with Crippen molar-refractivity contribution in [3.63, 3.8) is 0 Å². The monoisotopic (exact) mass is 483 g/mol. The number of allylic oxidation sites excluding steroid dienone is 1. The fraction of sp³-hybridized carbons (Fsp3) is 0.393. The molecule has 1 aliphatic carbocycles. The topological polar surface area (TPSA) is 94.3 Å². The Morgan fingerprint density at radius 3 is 2.53 bits per heavy atom. The summed E-state index contributed by atoms with van der Waals surface area (Å²) in [6.45, 7) is 5.04. The number of rotatable bonds is 10. The van der Waals surface area contributed by atoms with Gasteiger partial charge in [0, 0.05) is 18.5 Å². The van der Waals surface area contributed by atoms with Gasteiger partial charge in [0.2, 0.25) is 5.82 Å². The van der Waals surface area contributed by atoms with Crippen molar-refractivity contribution in [2.75, 3.05) is 0 Å². The number of hydrogen-bond acceptors (Lipinski definition) is 5. The highest BCUT2D eigenvalue weighted by Gasteiger charge is 2.17. The summed E-state index contributed by atoms with van der Waals surface area (Å²) in [6.07, 6.45) is 11.0. The van der Waals surface area contributed by atoms with Crippen LogP contribution in [0.15, 0.2) is 66.0 Å². The Labute approximate surface area is 211 Å². The highest BCUT2D eigenvalue weighted by Crippen LogP contribution is 2.30. The van der Waals surface area contributed by atoms with Crippen LogP contribution in [0.25, 0.3) is 22.5 Å². The summed E-state index contributed by atoms with van der Waals surface area (Å²) < 4.78 is 3.51. The molecule has 0 bridgehead atoms. The second kappa shape index (κ2) is 11.3. The van der Waals surface area contributed by atoms with Gasteiger partial charge in [0.1, 0.15) is 5.82 Å². The average molecular weight is 484 g/mol. The largest absolute Gasteiger partial charge is 0.346 e. The molecule has 186 valence electrons. The van der Waals surface area contributed by atoms with E-state index in [-0.39, 0.29) is 5.69 Å². The van der Waals surface area contributed by atoms with Crippen molar-refractivity contribution >= 4 is 0 Å². The minimum absolute atomic E-state index is 0.0172. The van der Waals surface area contributed by atoms with Crippen LogP contribution >= 0.6 is 0 Å². The summed E-state index contributed by atoms with van der Waals surface area (Å²) in [6, 6.07) is 16.3. The Bertz CT molecular complexity index is 1330. The van der Waals surface area contributed by atoms with E-state index in [0.29, 0.717) is 25.3 Å². The molecule has 2 aromatic heterocycles. The minimum atomic E-state index is -0.0172. The van der Waals surface area contributed by atoms with Gasteiger partial charge in [-0.15, -0.1) is 16.8 Å². The first-order valence-electron chi connectivity index (χ1n) is 12.9. The van der Waals surface area contributed by atoms with E-state index >= 15 is 0 Å². The molecule has 0 radical (unpaired) electrons. The van der Waals surface area contributed by atoms with Crippen LogP contribution in [0.2, 0.25) is 0 Å². The van der Waals surface area contributed by atoms with E-state index in [0.717, 1.165) is 46.8 Å². The first-order chi connectivity index (χ1) is 17.7. The van der Waals surface area contributed by atoms with Crippen LogP contribution < -0.4 is 5.69 Å². The predicted octanol–water partition coefficient (Wildman–Crippen LogP) is 5.03. The van der Waals surface area contributed by atoms with Crippen LogP contribution in [0.4, 0.5) is 0 Å². The number of aromatic nitrogens is 7. The summed E-state index contributed by atoms with van der Waals surface area (Å²) in [5.41, 5.74) is 4.05. The van der Waals surface area contributed by atoms with Gasteiger partial charge in [-0.1, -0.05) is 86.7 Å². The summed E-state index contributed by atoms with van der Waals surface area (Å²) >= 11 is 0. The van der Waals surface area contributed by atoms with Crippen LogP contribution in [-0.4, -0.2) is 35.0 Å². The molecule has 4 aromatic rings. The number of benzene rings is 2. The number of nitrogens with one attached hydrogen (secondary N) is 1. The van der Waals surface area contributed by atoms with Gasteiger partial charge < -0.3 is 0 Å². The highest BCUT2D eigenvalue weighted by atomic mass is 16.2. The molecule has 2 aromatic carbocycles. The van der Waals surface area contributed by atoms with Gasteiger partial charge in [-0.05, 0) is 40.7 Å².